The normalized spacial score (nSPS) is 10.2. The van der Waals surface area contributed by atoms with Gasteiger partial charge in [0.2, 0.25) is 0 Å². The predicted octanol–water partition coefficient (Wildman–Crippen LogP) is -2.45. The Bertz CT molecular complexity index is 321. The second-order valence-electron chi connectivity index (χ2n) is 4.00. The van der Waals surface area contributed by atoms with Crippen molar-refractivity contribution < 1.29 is 39.6 Å². The average Bonchev–Trinajstić information content (AvgIpc) is 2.22. The van der Waals surface area contributed by atoms with Crippen molar-refractivity contribution in [1.29, 1.82) is 0 Å². The van der Waals surface area contributed by atoms with Gasteiger partial charge in [-0.1, -0.05) is 0 Å². The Morgan fingerprint density at radius 3 is 0.905 bits per heavy atom. The van der Waals surface area contributed by atoms with Crippen LogP contribution in [0.25, 0.3) is 0 Å². The third-order valence-electron chi connectivity index (χ3n) is 2.17. The molecule has 0 fully saturated rings. The maximum Gasteiger partial charge on any atom is 2.00 e. The van der Waals surface area contributed by atoms with Gasteiger partial charge in [-0.05, 0) is 0 Å². The number of carbonyl (C=O) groups is 4. The van der Waals surface area contributed by atoms with E-state index in [-0.39, 0.29) is 62.0 Å². The summed E-state index contributed by atoms with van der Waals surface area (Å²) < 4.78 is 0. The van der Waals surface area contributed by atoms with Crippen LogP contribution in [-0.4, -0.2) is 142 Å². The summed E-state index contributed by atoms with van der Waals surface area (Å²) in [5.74, 6) is -4.91. The van der Waals surface area contributed by atoms with Crippen LogP contribution >= 0.6 is 0 Å². The van der Waals surface area contributed by atoms with E-state index in [1.807, 2.05) is 0 Å². The molecule has 4 N–H and O–H groups in total. The standard InChI is InChI=1S/C10H16N2O8.Ba/c13-7(14)3-11(4-8(15)16)1-2-12(5-9(17)18)6-10(19)20;/h1-6H2,(H,13,14)(H,15,16)(H,17,18)(H,19,20);/q;+2. The SMILES string of the molecule is O=C(O)CN(CCN(CC(=O)O)CC(=O)O)CC(=O)O.[Ba+2]. The van der Waals surface area contributed by atoms with Crippen LogP contribution in [0.4, 0.5) is 0 Å². The van der Waals surface area contributed by atoms with Gasteiger partial charge in [-0.2, -0.15) is 0 Å². The van der Waals surface area contributed by atoms with Crippen molar-refractivity contribution in [3.05, 3.63) is 0 Å². The summed E-state index contributed by atoms with van der Waals surface area (Å²) in [4.78, 5) is 44.4. The molecule has 0 radical (unpaired) electrons. The zero-order valence-electron chi connectivity index (χ0n) is 11.3. The Labute approximate surface area is 160 Å². The Hall–Kier alpha value is -0.629. The molecule has 114 valence electrons. The molecule has 0 unspecified atom stereocenters. The first-order valence-corrected chi connectivity index (χ1v) is 5.52. The molecule has 11 heteroatoms. The number of hydrogen-bond donors (Lipinski definition) is 4. The first-order chi connectivity index (χ1) is 9.20. The quantitative estimate of drug-likeness (QED) is 0.260. The summed E-state index contributed by atoms with van der Waals surface area (Å²) in [6.45, 7) is -2.25. The Morgan fingerprint density at radius 1 is 0.571 bits per heavy atom. The molecule has 0 aromatic carbocycles. The second-order valence-corrected chi connectivity index (χ2v) is 4.00. The minimum absolute atomic E-state index is 0. The molecule has 0 heterocycles. The van der Waals surface area contributed by atoms with Crippen LogP contribution < -0.4 is 0 Å². The summed E-state index contributed by atoms with van der Waals surface area (Å²) >= 11 is 0. The number of carboxylic acids is 4. The van der Waals surface area contributed by atoms with Crippen LogP contribution in [0, 0.1) is 0 Å². The van der Waals surface area contributed by atoms with Gasteiger partial charge in [-0.25, -0.2) is 0 Å². The fraction of sp³-hybridized carbons (Fsp3) is 0.600. The van der Waals surface area contributed by atoms with Crippen molar-refractivity contribution in [1.82, 2.24) is 9.80 Å². The fourth-order valence-electron chi connectivity index (χ4n) is 1.48. The van der Waals surface area contributed by atoms with Gasteiger partial charge in [0.15, 0.2) is 0 Å². The van der Waals surface area contributed by atoms with Crippen LogP contribution in [0.15, 0.2) is 0 Å². The number of hydrogen-bond acceptors (Lipinski definition) is 6. The van der Waals surface area contributed by atoms with Gasteiger partial charge >= 0.3 is 72.8 Å². The molecule has 0 bridgehead atoms. The van der Waals surface area contributed by atoms with E-state index >= 15 is 0 Å². The third kappa shape index (κ3) is 14.1. The molecule has 0 aromatic rings. The van der Waals surface area contributed by atoms with E-state index in [2.05, 4.69) is 0 Å². The van der Waals surface area contributed by atoms with Gasteiger partial charge in [0.1, 0.15) is 0 Å². The molecule has 0 aliphatic rings. The molecule has 0 aliphatic carbocycles. The van der Waals surface area contributed by atoms with Crippen molar-refractivity contribution in [2.45, 2.75) is 0 Å². The summed E-state index contributed by atoms with van der Waals surface area (Å²) in [5.41, 5.74) is 0. The maximum absolute atomic E-state index is 10.6. The molecule has 0 aromatic heterocycles. The van der Waals surface area contributed by atoms with E-state index in [9.17, 15) is 19.2 Å². The van der Waals surface area contributed by atoms with E-state index in [4.69, 9.17) is 20.4 Å². The fourth-order valence-corrected chi connectivity index (χ4v) is 1.48. The molecular weight excluding hydrogens is 413 g/mol. The zero-order chi connectivity index (χ0) is 15.7. The first kappa shape index (κ1) is 22.6. The van der Waals surface area contributed by atoms with E-state index in [0.29, 0.717) is 0 Å². The number of rotatable bonds is 11. The van der Waals surface area contributed by atoms with E-state index < -0.39 is 50.1 Å². The Kier molecular flexibility index (Phi) is 12.9. The summed E-state index contributed by atoms with van der Waals surface area (Å²) in [6, 6.07) is 0. The maximum atomic E-state index is 10.6. The van der Waals surface area contributed by atoms with Crippen LogP contribution in [0.3, 0.4) is 0 Å². The van der Waals surface area contributed by atoms with Crippen molar-refractivity contribution in [3.8, 4) is 0 Å². The van der Waals surface area contributed by atoms with Crippen molar-refractivity contribution >= 4 is 72.8 Å². The molecule has 0 saturated carbocycles. The minimum Gasteiger partial charge on any atom is -0.480 e. The van der Waals surface area contributed by atoms with Crippen LogP contribution in [0.5, 0.6) is 0 Å². The van der Waals surface area contributed by atoms with Gasteiger partial charge in [-0.15, -0.1) is 0 Å². The Morgan fingerprint density at radius 2 is 0.762 bits per heavy atom. The van der Waals surface area contributed by atoms with Crippen molar-refractivity contribution in [2.75, 3.05) is 39.3 Å². The molecular formula is C10H16BaN2O8+2. The zero-order valence-corrected chi connectivity index (χ0v) is 15.7. The van der Waals surface area contributed by atoms with Gasteiger partial charge < -0.3 is 20.4 Å². The second kappa shape index (κ2) is 12.0. The van der Waals surface area contributed by atoms with Crippen LogP contribution in [0.2, 0.25) is 0 Å². The molecule has 0 amide bonds. The molecule has 0 aliphatic heterocycles. The predicted molar refractivity (Wildman–Crippen MR) is 69.2 cm³/mol. The van der Waals surface area contributed by atoms with Gasteiger partial charge in [-0.3, -0.25) is 29.0 Å². The molecule has 0 spiro atoms. The van der Waals surface area contributed by atoms with Crippen LogP contribution in [-0.2, 0) is 19.2 Å². The molecule has 0 atom stereocenters. The average molecular weight is 430 g/mol. The third-order valence-corrected chi connectivity index (χ3v) is 2.17. The number of nitrogens with zero attached hydrogens (tertiary/aromatic N) is 2. The smallest absolute Gasteiger partial charge is 0.480 e. The van der Waals surface area contributed by atoms with Gasteiger partial charge in [0, 0.05) is 13.1 Å². The van der Waals surface area contributed by atoms with E-state index in [1.54, 1.807) is 0 Å². The molecule has 0 saturated heterocycles. The molecule has 0 rings (SSSR count). The summed E-state index contributed by atoms with van der Waals surface area (Å²) in [6.07, 6.45) is 0. The summed E-state index contributed by atoms with van der Waals surface area (Å²) in [5, 5.41) is 34.5. The Balaban J connectivity index is 0. The van der Waals surface area contributed by atoms with Crippen molar-refractivity contribution in [3.63, 3.8) is 0 Å². The number of aliphatic carboxylic acids is 4. The largest absolute Gasteiger partial charge is 2.00 e. The molecule has 21 heavy (non-hydrogen) atoms. The van der Waals surface area contributed by atoms with Crippen LogP contribution in [0.1, 0.15) is 0 Å². The minimum atomic E-state index is -1.23. The van der Waals surface area contributed by atoms with E-state index in [1.165, 1.54) is 0 Å². The summed E-state index contributed by atoms with van der Waals surface area (Å²) in [7, 11) is 0. The topological polar surface area (TPSA) is 156 Å². The van der Waals surface area contributed by atoms with E-state index in [0.717, 1.165) is 9.80 Å². The van der Waals surface area contributed by atoms with Crippen molar-refractivity contribution in [2.24, 2.45) is 0 Å². The van der Waals surface area contributed by atoms with Gasteiger partial charge in [0.25, 0.3) is 0 Å². The number of carboxylic acid groups (broad SMARTS) is 4. The molecule has 10 nitrogen and oxygen atoms in total. The monoisotopic (exact) mass is 430 g/mol. The first-order valence-electron chi connectivity index (χ1n) is 5.52. The van der Waals surface area contributed by atoms with Gasteiger partial charge in [0.05, 0.1) is 26.2 Å².